The lowest BCUT2D eigenvalue weighted by Crippen LogP contribution is -1.80. The standard InChI is InChI=1S/C15H9ClFNS/c16-11-7-5-10(6-8-11)14-9-18-15(19-14)12-3-1-2-4-13(12)17/h1-9H. The van der Waals surface area contributed by atoms with E-state index in [1.165, 1.54) is 17.4 Å². The van der Waals surface area contributed by atoms with Crippen LogP contribution < -0.4 is 0 Å². The molecule has 0 N–H and O–H groups in total. The molecule has 0 radical (unpaired) electrons. The number of nitrogens with zero attached hydrogens (tertiary/aromatic N) is 1. The van der Waals surface area contributed by atoms with Gasteiger partial charge in [0.15, 0.2) is 0 Å². The fourth-order valence-electron chi connectivity index (χ4n) is 1.78. The van der Waals surface area contributed by atoms with E-state index < -0.39 is 0 Å². The molecule has 0 spiro atoms. The van der Waals surface area contributed by atoms with Crippen LogP contribution in [0.2, 0.25) is 5.02 Å². The Kier molecular flexibility index (Phi) is 3.32. The summed E-state index contributed by atoms with van der Waals surface area (Å²) in [4.78, 5) is 5.29. The molecule has 0 fully saturated rings. The molecular weight excluding hydrogens is 281 g/mol. The van der Waals surface area contributed by atoms with E-state index in [0.717, 1.165) is 10.4 Å². The quantitative estimate of drug-likeness (QED) is 0.626. The number of thiazole rings is 1. The minimum Gasteiger partial charge on any atom is -0.244 e. The molecule has 3 aromatic rings. The SMILES string of the molecule is Fc1ccccc1-c1ncc(-c2ccc(Cl)cc2)s1. The van der Waals surface area contributed by atoms with Crippen LogP contribution in [0.3, 0.4) is 0 Å². The maximum atomic E-state index is 13.7. The maximum Gasteiger partial charge on any atom is 0.133 e. The zero-order chi connectivity index (χ0) is 13.2. The van der Waals surface area contributed by atoms with Crippen LogP contribution in [-0.2, 0) is 0 Å². The highest BCUT2D eigenvalue weighted by Crippen LogP contribution is 2.33. The normalized spacial score (nSPS) is 10.6. The lowest BCUT2D eigenvalue weighted by Gasteiger charge is -1.98. The van der Waals surface area contributed by atoms with Gasteiger partial charge in [0.25, 0.3) is 0 Å². The highest BCUT2D eigenvalue weighted by atomic mass is 35.5. The minimum absolute atomic E-state index is 0.250. The van der Waals surface area contributed by atoms with Gasteiger partial charge in [-0.3, -0.25) is 0 Å². The summed E-state index contributed by atoms with van der Waals surface area (Å²) in [5, 5.41) is 1.38. The van der Waals surface area contributed by atoms with Crippen molar-refractivity contribution in [2.24, 2.45) is 0 Å². The molecule has 0 saturated carbocycles. The van der Waals surface area contributed by atoms with Crippen molar-refractivity contribution in [1.82, 2.24) is 4.98 Å². The Morgan fingerprint density at radius 1 is 1.00 bits per heavy atom. The minimum atomic E-state index is -0.250. The van der Waals surface area contributed by atoms with Crippen LogP contribution in [0.25, 0.3) is 21.0 Å². The van der Waals surface area contributed by atoms with Gasteiger partial charge in [-0.2, -0.15) is 0 Å². The van der Waals surface area contributed by atoms with Gasteiger partial charge in [-0.15, -0.1) is 11.3 Å². The lowest BCUT2D eigenvalue weighted by atomic mass is 10.2. The van der Waals surface area contributed by atoms with E-state index in [-0.39, 0.29) is 5.82 Å². The number of aromatic nitrogens is 1. The monoisotopic (exact) mass is 289 g/mol. The molecule has 3 rings (SSSR count). The Bertz CT molecular complexity index is 706. The first-order valence-corrected chi connectivity index (χ1v) is 6.90. The molecular formula is C15H9ClFNS. The number of rotatable bonds is 2. The van der Waals surface area contributed by atoms with Crippen LogP contribution in [0.1, 0.15) is 0 Å². The van der Waals surface area contributed by atoms with Crippen LogP contribution in [0.5, 0.6) is 0 Å². The van der Waals surface area contributed by atoms with Crippen molar-refractivity contribution in [2.75, 3.05) is 0 Å². The summed E-state index contributed by atoms with van der Waals surface area (Å²) in [6.07, 6.45) is 1.76. The number of halogens is 2. The van der Waals surface area contributed by atoms with E-state index in [9.17, 15) is 4.39 Å². The summed E-state index contributed by atoms with van der Waals surface area (Å²) in [5.74, 6) is -0.250. The van der Waals surface area contributed by atoms with Crippen molar-refractivity contribution in [2.45, 2.75) is 0 Å². The van der Waals surface area contributed by atoms with Gasteiger partial charge in [0.2, 0.25) is 0 Å². The average Bonchev–Trinajstić information content (AvgIpc) is 2.89. The Balaban J connectivity index is 2.00. The van der Waals surface area contributed by atoms with Crippen LogP contribution in [0.4, 0.5) is 4.39 Å². The third-order valence-electron chi connectivity index (χ3n) is 2.74. The van der Waals surface area contributed by atoms with Gasteiger partial charge in [-0.05, 0) is 29.8 Å². The summed E-state index contributed by atoms with van der Waals surface area (Å²) < 4.78 is 13.7. The first-order chi connectivity index (χ1) is 9.24. The Labute approximate surface area is 119 Å². The average molecular weight is 290 g/mol. The second-order valence-electron chi connectivity index (χ2n) is 4.02. The Morgan fingerprint density at radius 2 is 1.74 bits per heavy atom. The molecule has 4 heteroatoms. The van der Waals surface area contributed by atoms with Crippen molar-refractivity contribution in [3.8, 4) is 21.0 Å². The molecule has 0 unspecified atom stereocenters. The molecule has 0 amide bonds. The van der Waals surface area contributed by atoms with E-state index in [1.54, 1.807) is 18.3 Å². The second-order valence-corrected chi connectivity index (χ2v) is 5.48. The third kappa shape index (κ3) is 2.53. The molecule has 19 heavy (non-hydrogen) atoms. The van der Waals surface area contributed by atoms with Gasteiger partial charge in [-0.25, -0.2) is 9.37 Å². The lowest BCUT2D eigenvalue weighted by molar-refractivity contribution is 0.631. The van der Waals surface area contributed by atoms with Gasteiger partial charge in [0, 0.05) is 16.8 Å². The summed E-state index contributed by atoms with van der Waals surface area (Å²) in [5.41, 5.74) is 1.57. The molecule has 1 nitrogen and oxygen atoms in total. The fraction of sp³-hybridized carbons (Fsp3) is 0. The first-order valence-electron chi connectivity index (χ1n) is 5.71. The van der Waals surface area contributed by atoms with E-state index in [0.29, 0.717) is 15.6 Å². The van der Waals surface area contributed by atoms with Crippen molar-refractivity contribution < 1.29 is 4.39 Å². The molecule has 1 aromatic heterocycles. The maximum absolute atomic E-state index is 13.7. The van der Waals surface area contributed by atoms with Crippen LogP contribution >= 0.6 is 22.9 Å². The molecule has 0 atom stereocenters. The second kappa shape index (κ2) is 5.11. The van der Waals surface area contributed by atoms with Crippen molar-refractivity contribution in [1.29, 1.82) is 0 Å². The van der Waals surface area contributed by atoms with E-state index in [1.807, 2.05) is 30.3 Å². The molecule has 0 aliphatic rings. The molecule has 0 bridgehead atoms. The topological polar surface area (TPSA) is 12.9 Å². The fourth-order valence-corrected chi connectivity index (χ4v) is 2.86. The van der Waals surface area contributed by atoms with Gasteiger partial charge >= 0.3 is 0 Å². The summed E-state index contributed by atoms with van der Waals surface area (Å²) >= 11 is 7.32. The smallest absolute Gasteiger partial charge is 0.133 e. The molecule has 94 valence electrons. The van der Waals surface area contributed by atoms with Gasteiger partial charge in [0.1, 0.15) is 10.8 Å². The summed E-state index contributed by atoms with van der Waals surface area (Å²) in [7, 11) is 0. The van der Waals surface area contributed by atoms with Gasteiger partial charge < -0.3 is 0 Å². The number of hydrogen-bond donors (Lipinski definition) is 0. The third-order valence-corrected chi connectivity index (χ3v) is 4.07. The zero-order valence-corrected chi connectivity index (χ0v) is 11.4. The first kappa shape index (κ1) is 12.3. The van der Waals surface area contributed by atoms with E-state index in [2.05, 4.69) is 4.98 Å². The van der Waals surface area contributed by atoms with E-state index in [4.69, 9.17) is 11.6 Å². The van der Waals surface area contributed by atoms with E-state index >= 15 is 0 Å². The van der Waals surface area contributed by atoms with Crippen molar-refractivity contribution in [3.05, 3.63) is 65.6 Å². The van der Waals surface area contributed by atoms with Crippen LogP contribution in [0.15, 0.2) is 54.7 Å². The molecule has 0 aliphatic heterocycles. The number of hydrogen-bond acceptors (Lipinski definition) is 2. The predicted octanol–water partition coefficient (Wildman–Crippen LogP) is 5.27. The van der Waals surface area contributed by atoms with Crippen molar-refractivity contribution in [3.63, 3.8) is 0 Å². The molecule has 0 aliphatic carbocycles. The zero-order valence-electron chi connectivity index (χ0n) is 9.81. The highest BCUT2D eigenvalue weighted by molar-refractivity contribution is 7.18. The van der Waals surface area contributed by atoms with Crippen molar-refractivity contribution >= 4 is 22.9 Å². The summed E-state index contributed by atoms with van der Waals surface area (Å²) in [6.45, 7) is 0. The molecule has 1 heterocycles. The number of benzene rings is 2. The van der Waals surface area contributed by atoms with Crippen LogP contribution in [-0.4, -0.2) is 4.98 Å². The highest BCUT2D eigenvalue weighted by Gasteiger charge is 2.09. The molecule has 2 aromatic carbocycles. The Morgan fingerprint density at radius 3 is 2.47 bits per heavy atom. The largest absolute Gasteiger partial charge is 0.244 e. The van der Waals surface area contributed by atoms with Gasteiger partial charge in [0.05, 0.1) is 4.88 Å². The predicted molar refractivity (Wildman–Crippen MR) is 78.0 cm³/mol. The Hall–Kier alpha value is -1.71. The van der Waals surface area contributed by atoms with Crippen LogP contribution in [0, 0.1) is 5.82 Å². The molecule has 0 saturated heterocycles. The van der Waals surface area contributed by atoms with Gasteiger partial charge in [-0.1, -0.05) is 35.9 Å². The summed E-state index contributed by atoms with van der Waals surface area (Å²) in [6, 6.07) is 14.2.